The molecule has 0 fully saturated rings. The highest BCUT2D eigenvalue weighted by molar-refractivity contribution is 5.94. The van der Waals surface area contributed by atoms with Crippen LogP contribution in [-0.2, 0) is 32.1 Å². The molecule has 2 aromatic rings. The lowest BCUT2D eigenvalue weighted by Gasteiger charge is -2.18. The highest BCUT2D eigenvalue weighted by Gasteiger charge is 2.19. The molecule has 1 aromatic carbocycles. The summed E-state index contributed by atoms with van der Waals surface area (Å²) in [5.74, 6) is 0.00980. The molecule has 0 bridgehead atoms. The number of esters is 1. The van der Waals surface area contributed by atoms with Crippen molar-refractivity contribution in [2.24, 2.45) is 0 Å². The van der Waals surface area contributed by atoms with Gasteiger partial charge in [0.2, 0.25) is 5.91 Å². The zero-order chi connectivity index (χ0) is 19.2. The van der Waals surface area contributed by atoms with E-state index in [0.717, 1.165) is 11.3 Å². The first-order valence-corrected chi connectivity index (χ1v) is 8.56. The third-order valence-corrected chi connectivity index (χ3v) is 4.02. The monoisotopic (exact) mass is 372 g/mol. The molecule has 0 saturated heterocycles. The van der Waals surface area contributed by atoms with Crippen molar-refractivity contribution in [2.45, 2.75) is 32.4 Å². The van der Waals surface area contributed by atoms with Crippen LogP contribution in [0.1, 0.15) is 24.7 Å². The second-order valence-electron chi connectivity index (χ2n) is 6.09. The number of fused-ring (bicyclic) bond motifs is 1. The smallest absolute Gasteiger partial charge is 0.344 e. The highest BCUT2D eigenvalue weighted by Crippen LogP contribution is 2.26. The average molecular weight is 372 g/mol. The second-order valence-corrected chi connectivity index (χ2v) is 6.09. The number of rotatable bonds is 7. The number of aryl methyl sites for hydroxylation is 1. The molecular weight excluding hydrogens is 352 g/mol. The van der Waals surface area contributed by atoms with Gasteiger partial charge in [-0.2, -0.15) is 0 Å². The molecule has 0 radical (unpaired) electrons. The lowest BCUT2D eigenvalue weighted by Crippen LogP contribution is -2.36. The van der Waals surface area contributed by atoms with Crippen LogP contribution in [0, 0.1) is 0 Å². The zero-order valence-electron chi connectivity index (χ0n) is 14.8. The van der Waals surface area contributed by atoms with E-state index in [2.05, 4.69) is 10.6 Å². The summed E-state index contributed by atoms with van der Waals surface area (Å²) in [6.45, 7) is 1.38. The predicted molar refractivity (Wildman–Crippen MR) is 95.0 cm³/mol. The number of nitrogens with one attached hydrogen (secondary N) is 2. The van der Waals surface area contributed by atoms with E-state index in [4.69, 9.17) is 13.9 Å². The third kappa shape index (κ3) is 5.10. The molecule has 2 heterocycles. The van der Waals surface area contributed by atoms with Crippen LogP contribution < -0.4 is 15.4 Å². The molecule has 1 aliphatic heterocycles. The maximum Gasteiger partial charge on any atom is 0.344 e. The third-order valence-electron chi connectivity index (χ3n) is 4.02. The predicted octanol–water partition coefficient (Wildman–Crippen LogP) is 1.79. The molecular formula is C19H20N2O6. The van der Waals surface area contributed by atoms with Crippen LogP contribution in [-0.4, -0.2) is 30.5 Å². The highest BCUT2D eigenvalue weighted by atomic mass is 16.6. The van der Waals surface area contributed by atoms with Crippen LogP contribution in [0.5, 0.6) is 5.75 Å². The summed E-state index contributed by atoms with van der Waals surface area (Å²) >= 11 is 0. The Morgan fingerprint density at radius 1 is 1.30 bits per heavy atom. The molecule has 2 N–H and O–H groups in total. The molecule has 27 heavy (non-hydrogen) atoms. The molecule has 0 spiro atoms. The van der Waals surface area contributed by atoms with Gasteiger partial charge in [-0.1, -0.05) is 0 Å². The van der Waals surface area contributed by atoms with Gasteiger partial charge in [-0.15, -0.1) is 0 Å². The first kappa shape index (κ1) is 18.5. The molecule has 3 rings (SSSR count). The van der Waals surface area contributed by atoms with Gasteiger partial charge in [-0.05, 0) is 49.2 Å². The van der Waals surface area contributed by atoms with Gasteiger partial charge in [0, 0.05) is 12.1 Å². The van der Waals surface area contributed by atoms with Crippen molar-refractivity contribution in [3.63, 3.8) is 0 Å². The largest absolute Gasteiger partial charge is 0.482 e. The molecule has 142 valence electrons. The summed E-state index contributed by atoms with van der Waals surface area (Å²) in [5, 5.41) is 5.39. The van der Waals surface area contributed by atoms with Gasteiger partial charge in [0.1, 0.15) is 11.5 Å². The summed E-state index contributed by atoms with van der Waals surface area (Å²) in [6.07, 6.45) is 1.60. The van der Waals surface area contributed by atoms with E-state index < -0.39 is 18.0 Å². The van der Waals surface area contributed by atoms with Crippen molar-refractivity contribution in [3.8, 4) is 5.75 Å². The molecule has 2 amide bonds. The van der Waals surface area contributed by atoms with E-state index in [1.165, 1.54) is 13.2 Å². The molecule has 8 nitrogen and oxygen atoms in total. The standard InChI is InChI=1S/C19H20N2O6/c1-12(19(24)20-10-15-3-2-8-25-15)27-18(23)11-26-14-5-6-16-13(9-14)4-7-17(22)21-16/h2-3,5-6,8-9,12H,4,7,10-11H2,1H3,(H,20,24)(H,21,22). The second kappa shape index (κ2) is 8.39. The summed E-state index contributed by atoms with van der Waals surface area (Å²) in [7, 11) is 0. The molecule has 0 aliphatic carbocycles. The van der Waals surface area contributed by atoms with Gasteiger partial charge in [0.25, 0.3) is 5.91 Å². The van der Waals surface area contributed by atoms with Crippen molar-refractivity contribution in [1.29, 1.82) is 0 Å². The fraction of sp³-hybridized carbons (Fsp3) is 0.316. The molecule has 1 aliphatic rings. The van der Waals surface area contributed by atoms with Gasteiger partial charge >= 0.3 is 5.97 Å². The number of hydrogen-bond acceptors (Lipinski definition) is 6. The molecule has 0 saturated carbocycles. The number of amides is 2. The fourth-order valence-electron chi connectivity index (χ4n) is 2.61. The maximum absolute atomic E-state index is 11.9. The van der Waals surface area contributed by atoms with Gasteiger partial charge < -0.3 is 24.5 Å². The van der Waals surface area contributed by atoms with Crippen LogP contribution in [0.4, 0.5) is 5.69 Å². The van der Waals surface area contributed by atoms with Crippen LogP contribution >= 0.6 is 0 Å². The minimum Gasteiger partial charge on any atom is -0.482 e. The van der Waals surface area contributed by atoms with Gasteiger partial charge in [-0.3, -0.25) is 9.59 Å². The quantitative estimate of drug-likeness (QED) is 0.718. The minimum absolute atomic E-state index is 0.0148. The SMILES string of the molecule is CC(OC(=O)COc1ccc2c(c1)CCC(=O)N2)C(=O)NCc1ccco1. The van der Waals surface area contributed by atoms with E-state index in [9.17, 15) is 14.4 Å². The Morgan fingerprint density at radius 2 is 2.15 bits per heavy atom. The number of carbonyl (C=O) groups is 3. The number of ether oxygens (including phenoxy) is 2. The summed E-state index contributed by atoms with van der Waals surface area (Å²) in [4.78, 5) is 35.2. The summed E-state index contributed by atoms with van der Waals surface area (Å²) in [6, 6.07) is 8.63. The summed E-state index contributed by atoms with van der Waals surface area (Å²) in [5.41, 5.74) is 1.70. The molecule has 1 unspecified atom stereocenters. The number of anilines is 1. The number of benzene rings is 1. The number of furan rings is 1. The van der Waals surface area contributed by atoms with Crippen LogP contribution in [0.15, 0.2) is 41.0 Å². The molecule has 1 aromatic heterocycles. The Bertz CT molecular complexity index is 831. The van der Waals surface area contributed by atoms with Crippen LogP contribution in [0.2, 0.25) is 0 Å². The Balaban J connectivity index is 1.43. The van der Waals surface area contributed by atoms with E-state index in [1.54, 1.807) is 30.3 Å². The maximum atomic E-state index is 11.9. The van der Waals surface area contributed by atoms with Crippen molar-refractivity contribution in [2.75, 3.05) is 11.9 Å². The van der Waals surface area contributed by atoms with Crippen LogP contribution in [0.3, 0.4) is 0 Å². The molecule has 1 atom stereocenters. The lowest BCUT2D eigenvalue weighted by molar-refractivity contribution is -0.156. The topological polar surface area (TPSA) is 107 Å². The average Bonchev–Trinajstić information content (AvgIpc) is 3.18. The Kier molecular flexibility index (Phi) is 5.75. The zero-order valence-corrected chi connectivity index (χ0v) is 14.8. The van der Waals surface area contributed by atoms with Gasteiger partial charge in [0.15, 0.2) is 12.7 Å². The number of hydrogen-bond donors (Lipinski definition) is 2. The summed E-state index contributed by atoms with van der Waals surface area (Å²) < 4.78 is 15.6. The van der Waals surface area contributed by atoms with Crippen LogP contribution in [0.25, 0.3) is 0 Å². The van der Waals surface area contributed by atoms with Gasteiger partial charge in [0.05, 0.1) is 12.8 Å². The number of carbonyl (C=O) groups excluding carboxylic acids is 3. The van der Waals surface area contributed by atoms with E-state index in [-0.39, 0.29) is 19.1 Å². The molecule has 8 heteroatoms. The first-order chi connectivity index (χ1) is 13.0. The van der Waals surface area contributed by atoms with Crippen molar-refractivity contribution >= 4 is 23.5 Å². The Morgan fingerprint density at radius 3 is 2.93 bits per heavy atom. The van der Waals surface area contributed by atoms with Crippen molar-refractivity contribution < 1.29 is 28.3 Å². The van der Waals surface area contributed by atoms with E-state index in [0.29, 0.717) is 24.4 Å². The van der Waals surface area contributed by atoms with Gasteiger partial charge in [-0.25, -0.2) is 4.79 Å². The van der Waals surface area contributed by atoms with Crippen molar-refractivity contribution in [1.82, 2.24) is 5.32 Å². The normalized spacial score (nSPS) is 13.9. The first-order valence-electron chi connectivity index (χ1n) is 8.56. The Labute approximate surface area is 155 Å². The minimum atomic E-state index is -0.949. The van der Waals surface area contributed by atoms with E-state index >= 15 is 0 Å². The lowest BCUT2D eigenvalue weighted by atomic mass is 10.0. The Hall–Kier alpha value is -3.29. The fourth-order valence-corrected chi connectivity index (χ4v) is 2.61. The van der Waals surface area contributed by atoms with Crippen molar-refractivity contribution in [3.05, 3.63) is 47.9 Å². The van der Waals surface area contributed by atoms with E-state index in [1.807, 2.05) is 0 Å².